The highest BCUT2D eigenvalue weighted by Crippen LogP contribution is 2.18. The minimum Gasteiger partial charge on any atom is -0.356 e. The molecule has 0 radical (unpaired) electrons. The van der Waals surface area contributed by atoms with Crippen molar-refractivity contribution in [2.75, 3.05) is 19.8 Å². The Hall–Kier alpha value is -1.39. The molecule has 28 heavy (non-hydrogen) atoms. The summed E-state index contributed by atoms with van der Waals surface area (Å²) in [5, 5.41) is 6.75. The van der Waals surface area contributed by atoms with Crippen molar-refractivity contribution in [3.63, 3.8) is 0 Å². The first kappa shape index (κ1) is 24.6. The van der Waals surface area contributed by atoms with E-state index in [-0.39, 0.29) is 29.8 Å². The topological polar surface area (TPSA) is 70.6 Å². The van der Waals surface area contributed by atoms with Gasteiger partial charge in [0.05, 0.1) is 4.90 Å². The molecule has 0 aliphatic carbocycles. The van der Waals surface area contributed by atoms with Crippen LogP contribution in [0.2, 0.25) is 5.02 Å². The predicted octanol–water partition coefficient (Wildman–Crippen LogP) is 3.72. The quantitative estimate of drug-likeness (QED) is 0.334. The first-order valence-electron chi connectivity index (χ1n) is 8.38. The van der Waals surface area contributed by atoms with Crippen molar-refractivity contribution in [1.29, 1.82) is 0 Å². The Morgan fingerprint density at radius 3 is 2.46 bits per heavy atom. The molecule has 0 atom stereocenters. The number of aliphatic imine (C=N–C) groups is 1. The van der Waals surface area contributed by atoms with Crippen LogP contribution < -0.4 is 10.6 Å². The number of rotatable bonds is 6. The first-order valence-corrected chi connectivity index (χ1v) is 10.7. The van der Waals surface area contributed by atoms with Crippen molar-refractivity contribution in [2.24, 2.45) is 4.99 Å². The maximum absolute atomic E-state index is 13.1. The fourth-order valence-electron chi connectivity index (χ4n) is 2.68. The zero-order valence-electron chi connectivity index (χ0n) is 15.9. The van der Waals surface area contributed by atoms with Gasteiger partial charge in [-0.2, -0.15) is 0 Å². The zero-order valence-corrected chi connectivity index (χ0v) is 19.8. The van der Waals surface area contributed by atoms with Gasteiger partial charge in [0.1, 0.15) is 5.82 Å². The van der Waals surface area contributed by atoms with Gasteiger partial charge in [0.15, 0.2) is 15.8 Å². The minimum atomic E-state index is -3.22. The van der Waals surface area contributed by atoms with E-state index in [1.807, 2.05) is 6.07 Å². The second-order valence-electron chi connectivity index (χ2n) is 6.21. The SMILES string of the molecule is CN=C(NCCc1ccc(F)cc1Cl)NCc1ccc(S(C)(=O)=O)c(C)c1.I. The molecule has 0 fully saturated rings. The molecule has 0 aliphatic heterocycles. The van der Waals surface area contributed by atoms with Gasteiger partial charge in [-0.1, -0.05) is 29.8 Å². The molecule has 0 amide bonds. The van der Waals surface area contributed by atoms with Crippen LogP contribution >= 0.6 is 35.6 Å². The van der Waals surface area contributed by atoms with Crippen molar-refractivity contribution >= 4 is 51.4 Å². The molecule has 2 aromatic rings. The molecule has 0 bridgehead atoms. The first-order chi connectivity index (χ1) is 12.7. The summed E-state index contributed by atoms with van der Waals surface area (Å²) in [6.45, 7) is 2.86. The third-order valence-corrected chi connectivity index (χ3v) is 5.63. The van der Waals surface area contributed by atoms with E-state index in [0.717, 1.165) is 11.1 Å². The summed E-state index contributed by atoms with van der Waals surface area (Å²) in [4.78, 5) is 4.49. The van der Waals surface area contributed by atoms with Gasteiger partial charge in [-0.3, -0.25) is 4.99 Å². The summed E-state index contributed by atoms with van der Waals surface area (Å²) < 4.78 is 36.4. The molecule has 0 heterocycles. The van der Waals surface area contributed by atoms with Crippen LogP contribution in [0.5, 0.6) is 0 Å². The molecule has 0 aliphatic rings. The standard InChI is InChI=1S/C19H23ClFN3O2S.HI/c1-13-10-14(4-7-18(13)27(3,25)26)12-24-19(22-2)23-9-8-15-5-6-16(21)11-17(15)20;/h4-7,10-11H,8-9,12H2,1-3H3,(H2,22,23,24);1H. The number of halogens is 3. The number of hydrogen-bond donors (Lipinski definition) is 2. The van der Waals surface area contributed by atoms with Crippen LogP contribution in [0.1, 0.15) is 16.7 Å². The third kappa shape index (κ3) is 7.21. The third-order valence-electron chi connectivity index (χ3n) is 4.02. The minimum absolute atomic E-state index is 0. The Morgan fingerprint density at radius 1 is 1.18 bits per heavy atom. The average molecular weight is 540 g/mol. The fourth-order valence-corrected chi connectivity index (χ4v) is 3.90. The second kappa shape index (κ2) is 11.0. The van der Waals surface area contributed by atoms with Gasteiger partial charge in [0.2, 0.25) is 0 Å². The zero-order chi connectivity index (χ0) is 20.0. The fraction of sp³-hybridized carbons (Fsp3) is 0.316. The number of aryl methyl sites for hydroxylation is 1. The normalized spacial score (nSPS) is 11.7. The summed E-state index contributed by atoms with van der Waals surface area (Å²) in [7, 11) is -1.56. The summed E-state index contributed by atoms with van der Waals surface area (Å²) in [5.74, 6) is 0.254. The molecule has 2 N–H and O–H groups in total. The smallest absolute Gasteiger partial charge is 0.191 e. The van der Waals surface area contributed by atoms with Gasteiger partial charge in [-0.15, -0.1) is 24.0 Å². The van der Waals surface area contributed by atoms with Crippen LogP contribution in [0, 0.1) is 12.7 Å². The summed E-state index contributed by atoms with van der Waals surface area (Å²) in [6.07, 6.45) is 1.83. The van der Waals surface area contributed by atoms with Gasteiger partial charge in [0, 0.05) is 31.4 Å². The van der Waals surface area contributed by atoms with Crippen LogP contribution in [0.15, 0.2) is 46.3 Å². The van der Waals surface area contributed by atoms with Crippen molar-refractivity contribution < 1.29 is 12.8 Å². The molecular weight excluding hydrogens is 516 g/mol. The number of guanidine groups is 1. The number of benzene rings is 2. The highest BCUT2D eigenvalue weighted by atomic mass is 127. The maximum Gasteiger partial charge on any atom is 0.191 e. The van der Waals surface area contributed by atoms with Crippen molar-refractivity contribution in [3.05, 3.63) is 63.9 Å². The lowest BCUT2D eigenvalue weighted by Gasteiger charge is -2.13. The van der Waals surface area contributed by atoms with Crippen molar-refractivity contribution in [2.45, 2.75) is 24.8 Å². The van der Waals surface area contributed by atoms with Crippen molar-refractivity contribution in [3.8, 4) is 0 Å². The number of nitrogens with one attached hydrogen (secondary N) is 2. The van der Waals surface area contributed by atoms with Crippen molar-refractivity contribution in [1.82, 2.24) is 10.6 Å². The Balaban J connectivity index is 0.00000392. The highest BCUT2D eigenvalue weighted by molar-refractivity contribution is 14.0. The van der Waals surface area contributed by atoms with Gasteiger partial charge < -0.3 is 10.6 Å². The van der Waals surface area contributed by atoms with E-state index >= 15 is 0 Å². The van der Waals surface area contributed by atoms with E-state index in [4.69, 9.17) is 11.6 Å². The lowest BCUT2D eigenvalue weighted by Crippen LogP contribution is -2.37. The van der Waals surface area contributed by atoms with E-state index in [9.17, 15) is 12.8 Å². The molecule has 0 saturated carbocycles. The van der Waals surface area contributed by atoms with Crippen LogP contribution in [0.4, 0.5) is 4.39 Å². The molecule has 0 unspecified atom stereocenters. The van der Waals surface area contributed by atoms with E-state index in [1.54, 1.807) is 32.2 Å². The Morgan fingerprint density at radius 2 is 1.89 bits per heavy atom. The van der Waals surface area contributed by atoms with Gasteiger partial charge >= 0.3 is 0 Å². The Bertz CT molecular complexity index is 952. The number of sulfone groups is 1. The maximum atomic E-state index is 13.1. The summed E-state index contributed by atoms with van der Waals surface area (Å²) >= 11 is 6.02. The van der Waals surface area contributed by atoms with Crippen LogP contribution in [0.25, 0.3) is 0 Å². The monoisotopic (exact) mass is 539 g/mol. The molecule has 0 aromatic heterocycles. The molecule has 2 aromatic carbocycles. The average Bonchev–Trinajstić information content (AvgIpc) is 2.58. The lowest BCUT2D eigenvalue weighted by molar-refractivity contribution is 0.601. The predicted molar refractivity (Wildman–Crippen MR) is 123 cm³/mol. The van der Waals surface area contributed by atoms with Crippen LogP contribution in [-0.4, -0.2) is 34.2 Å². The molecule has 9 heteroatoms. The summed E-state index contributed by atoms with van der Waals surface area (Å²) in [6, 6.07) is 9.59. The Labute approximate surface area is 187 Å². The number of nitrogens with zero attached hydrogens (tertiary/aromatic N) is 1. The highest BCUT2D eigenvalue weighted by Gasteiger charge is 2.11. The number of hydrogen-bond acceptors (Lipinski definition) is 3. The van der Waals surface area contributed by atoms with Crippen LogP contribution in [-0.2, 0) is 22.8 Å². The second-order valence-corrected chi connectivity index (χ2v) is 8.60. The Kier molecular flexibility index (Phi) is 9.65. The molecule has 2 rings (SSSR count). The van der Waals surface area contributed by atoms with E-state index in [1.165, 1.54) is 18.4 Å². The molecule has 0 spiro atoms. The lowest BCUT2D eigenvalue weighted by atomic mass is 10.1. The molecular formula is C19H24ClFIN3O2S. The largest absolute Gasteiger partial charge is 0.356 e. The molecule has 0 saturated heterocycles. The van der Waals surface area contributed by atoms with E-state index in [2.05, 4.69) is 15.6 Å². The van der Waals surface area contributed by atoms with Gasteiger partial charge in [-0.05, 0) is 48.2 Å². The summed E-state index contributed by atoms with van der Waals surface area (Å²) in [5.41, 5.74) is 2.52. The van der Waals surface area contributed by atoms with Gasteiger partial charge in [0.25, 0.3) is 0 Å². The van der Waals surface area contributed by atoms with E-state index in [0.29, 0.717) is 41.0 Å². The van der Waals surface area contributed by atoms with Gasteiger partial charge in [-0.25, -0.2) is 12.8 Å². The van der Waals surface area contributed by atoms with E-state index < -0.39 is 9.84 Å². The molecule has 154 valence electrons. The van der Waals surface area contributed by atoms with Crippen LogP contribution in [0.3, 0.4) is 0 Å². The molecule has 5 nitrogen and oxygen atoms in total.